The molecule has 2 rings (SSSR count). The molecule has 2 aliphatic rings. The molecule has 0 spiro atoms. The van der Waals surface area contributed by atoms with Gasteiger partial charge in [-0.25, -0.2) is 0 Å². The lowest BCUT2D eigenvalue weighted by Crippen LogP contribution is -2.46. The zero-order valence-electron chi connectivity index (χ0n) is 18.0. The van der Waals surface area contributed by atoms with Crippen LogP contribution in [0, 0.1) is 11.8 Å². The van der Waals surface area contributed by atoms with Crippen molar-refractivity contribution in [3.05, 3.63) is 0 Å². The summed E-state index contributed by atoms with van der Waals surface area (Å²) in [5.74, 6) is 2.56. The van der Waals surface area contributed by atoms with Crippen molar-refractivity contribution < 1.29 is 0 Å². The molecule has 5 nitrogen and oxygen atoms in total. The largest absolute Gasteiger partial charge is 0.357 e. The second kappa shape index (κ2) is 11.1. The van der Waals surface area contributed by atoms with Gasteiger partial charge in [0.25, 0.3) is 0 Å². The zero-order chi connectivity index (χ0) is 18.9. The van der Waals surface area contributed by atoms with Crippen LogP contribution in [0.1, 0.15) is 53.4 Å². The Balaban J connectivity index is 1.88. The molecule has 2 fully saturated rings. The van der Waals surface area contributed by atoms with Gasteiger partial charge in [-0.15, -0.1) is 0 Å². The van der Waals surface area contributed by atoms with Gasteiger partial charge in [-0.1, -0.05) is 20.8 Å². The molecule has 2 atom stereocenters. The summed E-state index contributed by atoms with van der Waals surface area (Å²) in [4.78, 5) is 12.6. The number of likely N-dealkylation sites (N-methyl/N-ethyl adjacent to an activating group) is 2. The van der Waals surface area contributed by atoms with E-state index < -0.39 is 0 Å². The van der Waals surface area contributed by atoms with Gasteiger partial charge in [0.05, 0.1) is 0 Å². The van der Waals surface area contributed by atoms with E-state index in [1.807, 2.05) is 0 Å². The Morgan fingerprint density at radius 1 is 1.19 bits per heavy atom. The van der Waals surface area contributed by atoms with E-state index in [0.717, 1.165) is 31.5 Å². The third kappa shape index (κ3) is 6.73. The van der Waals surface area contributed by atoms with E-state index in [1.54, 1.807) is 0 Å². The maximum absolute atomic E-state index is 5.03. The summed E-state index contributed by atoms with van der Waals surface area (Å²) in [6.45, 7) is 18.2. The van der Waals surface area contributed by atoms with E-state index in [-0.39, 0.29) is 0 Å². The first-order chi connectivity index (χ1) is 12.5. The van der Waals surface area contributed by atoms with Crippen molar-refractivity contribution in [1.82, 2.24) is 20.0 Å². The zero-order valence-corrected chi connectivity index (χ0v) is 18.0. The van der Waals surface area contributed by atoms with Gasteiger partial charge in [0.15, 0.2) is 5.96 Å². The minimum Gasteiger partial charge on any atom is -0.357 e. The minimum atomic E-state index is 0.685. The van der Waals surface area contributed by atoms with Gasteiger partial charge in [-0.2, -0.15) is 0 Å². The lowest BCUT2D eigenvalue weighted by molar-refractivity contribution is 0.161. The quantitative estimate of drug-likeness (QED) is 0.530. The first kappa shape index (κ1) is 21.5. The molecule has 0 radical (unpaired) electrons. The highest BCUT2D eigenvalue weighted by Gasteiger charge is 2.25. The van der Waals surface area contributed by atoms with E-state index in [1.165, 1.54) is 58.4 Å². The molecule has 0 aromatic rings. The Labute approximate surface area is 162 Å². The summed E-state index contributed by atoms with van der Waals surface area (Å²) in [6, 6.07) is 0.685. The number of likely N-dealkylation sites (tertiary alicyclic amines) is 2. The van der Waals surface area contributed by atoms with E-state index in [0.29, 0.717) is 12.0 Å². The molecule has 2 unspecified atom stereocenters. The first-order valence-electron chi connectivity index (χ1n) is 11.0. The van der Waals surface area contributed by atoms with Gasteiger partial charge in [-0.3, -0.25) is 9.89 Å². The van der Waals surface area contributed by atoms with Crippen molar-refractivity contribution in [2.75, 3.05) is 59.4 Å². The second-order valence-electron chi connectivity index (χ2n) is 8.66. The SMILES string of the molecule is CCNC(=NCC1CCCN(CC(C)C)C1)N(C)CC1CCCN1CC. The summed E-state index contributed by atoms with van der Waals surface area (Å²) >= 11 is 0. The molecule has 0 amide bonds. The van der Waals surface area contributed by atoms with Crippen LogP contribution in [0.4, 0.5) is 0 Å². The molecular formula is C21H43N5. The summed E-state index contributed by atoms with van der Waals surface area (Å²) < 4.78 is 0. The van der Waals surface area contributed by atoms with E-state index in [4.69, 9.17) is 4.99 Å². The van der Waals surface area contributed by atoms with Gasteiger partial charge >= 0.3 is 0 Å². The van der Waals surface area contributed by atoms with Crippen LogP contribution < -0.4 is 5.32 Å². The van der Waals surface area contributed by atoms with Crippen LogP contribution in [0.2, 0.25) is 0 Å². The standard InChI is InChI=1S/C21H43N5/c1-6-22-21(24(5)17-20-11-9-13-26(20)7-2)23-14-19-10-8-12-25(16-19)15-18(3)4/h18-20H,6-17H2,1-5H3,(H,22,23). The summed E-state index contributed by atoms with van der Waals surface area (Å²) in [5, 5.41) is 3.52. The van der Waals surface area contributed by atoms with Crippen molar-refractivity contribution in [2.24, 2.45) is 16.8 Å². The Morgan fingerprint density at radius 2 is 1.96 bits per heavy atom. The molecule has 0 saturated carbocycles. The van der Waals surface area contributed by atoms with Crippen LogP contribution in [0.15, 0.2) is 4.99 Å². The molecule has 2 aliphatic heterocycles. The molecule has 2 heterocycles. The first-order valence-corrected chi connectivity index (χ1v) is 11.0. The molecule has 0 aromatic carbocycles. The van der Waals surface area contributed by atoms with Gasteiger partial charge in [0.2, 0.25) is 0 Å². The summed E-state index contributed by atoms with van der Waals surface area (Å²) in [7, 11) is 2.21. The Hall–Kier alpha value is -0.810. The third-order valence-corrected chi connectivity index (χ3v) is 5.81. The highest BCUT2D eigenvalue weighted by molar-refractivity contribution is 5.79. The predicted octanol–water partition coefficient (Wildman–Crippen LogP) is 2.74. The number of piperidine rings is 1. The van der Waals surface area contributed by atoms with Crippen molar-refractivity contribution in [1.29, 1.82) is 0 Å². The normalized spacial score (nSPS) is 25.8. The molecule has 0 aromatic heterocycles. The number of hydrogen-bond donors (Lipinski definition) is 1. The molecule has 1 N–H and O–H groups in total. The van der Waals surface area contributed by atoms with E-state index in [2.05, 4.69) is 54.8 Å². The van der Waals surface area contributed by atoms with Crippen molar-refractivity contribution in [2.45, 2.75) is 59.4 Å². The average Bonchev–Trinajstić information content (AvgIpc) is 3.05. The van der Waals surface area contributed by atoms with Crippen LogP contribution >= 0.6 is 0 Å². The third-order valence-electron chi connectivity index (χ3n) is 5.81. The molecule has 5 heteroatoms. The number of hydrogen-bond acceptors (Lipinski definition) is 3. The molecule has 26 heavy (non-hydrogen) atoms. The number of rotatable bonds is 8. The maximum atomic E-state index is 5.03. The number of nitrogens with one attached hydrogen (secondary N) is 1. The molecule has 152 valence electrons. The Bertz CT molecular complexity index is 423. The van der Waals surface area contributed by atoms with Crippen molar-refractivity contribution >= 4 is 5.96 Å². The molecule has 2 saturated heterocycles. The van der Waals surface area contributed by atoms with Crippen molar-refractivity contribution in [3.63, 3.8) is 0 Å². The molecular weight excluding hydrogens is 322 g/mol. The minimum absolute atomic E-state index is 0.685. The highest BCUT2D eigenvalue weighted by atomic mass is 15.3. The van der Waals surface area contributed by atoms with E-state index >= 15 is 0 Å². The average molecular weight is 366 g/mol. The predicted molar refractivity (Wildman–Crippen MR) is 113 cm³/mol. The highest BCUT2D eigenvalue weighted by Crippen LogP contribution is 2.19. The van der Waals surface area contributed by atoms with Gasteiger partial charge in [0, 0.05) is 45.8 Å². The smallest absolute Gasteiger partial charge is 0.193 e. The molecule has 0 aliphatic carbocycles. The second-order valence-corrected chi connectivity index (χ2v) is 8.66. The molecule has 0 bridgehead atoms. The number of nitrogens with zero attached hydrogens (tertiary/aromatic N) is 4. The fraction of sp³-hybridized carbons (Fsp3) is 0.952. The lowest BCUT2D eigenvalue weighted by Gasteiger charge is -2.33. The van der Waals surface area contributed by atoms with Crippen LogP contribution in [0.5, 0.6) is 0 Å². The Kier molecular flexibility index (Phi) is 9.20. The van der Waals surface area contributed by atoms with Gasteiger partial charge < -0.3 is 15.1 Å². The van der Waals surface area contributed by atoms with Gasteiger partial charge in [0.1, 0.15) is 0 Å². The lowest BCUT2D eigenvalue weighted by atomic mass is 9.97. The topological polar surface area (TPSA) is 34.1 Å². The van der Waals surface area contributed by atoms with Crippen LogP contribution in [-0.4, -0.2) is 86.1 Å². The summed E-state index contributed by atoms with van der Waals surface area (Å²) in [6.07, 6.45) is 5.32. The fourth-order valence-electron chi connectivity index (χ4n) is 4.59. The Morgan fingerprint density at radius 3 is 2.65 bits per heavy atom. The maximum Gasteiger partial charge on any atom is 0.193 e. The number of guanidine groups is 1. The monoisotopic (exact) mass is 365 g/mol. The van der Waals surface area contributed by atoms with Crippen LogP contribution in [-0.2, 0) is 0 Å². The number of aliphatic imine (C=N–C) groups is 1. The van der Waals surface area contributed by atoms with E-state index in [9.17, 15) is 0 Å². The van der Waals surface area contributed by atoms with Crippen LogP contribution in [0.3, 0.4) is 0 Å². The van der Waals surface area contributed by atoms with Gasteiger partial charge in [-0.05, 0) is 64.1 Å². The van der Waals surface area contributed by atoms with Crippen LogP contribution in [0.25, 0.3) is 0 Å². The fourth-order valence-corrected chi connectivity index (χ4v) is 4.59. The van der Waals surface area contributed by atoms with Crippen molar-refractivity contribution in [3.8, 4) is 0 Å². The summed E-state index contributed by atoms with van der Waals surface area (Å²) in [5.41, 5.74) is 0.